The van der Waals surface area contributed by atoms with Crippen LogP contribution >= 0.6 is 0 Å². The Kier molecular flexibility index (Phi) is 14.2. The number of hydrogen-bond donors (Lipinski definition) is 5. The van der Waals surface area contributed by atoms with E-state index in [1.165, 1.54) is 18.3 Å². The quantitative estimate of drug-likeness (QED) is 0.0802. The molecular formula is C44H54FN7O8. The summed E-state index contributed by atoms with van der Waals surface area (Å²) >= 11 is 0. The number of carbonyl (C=O) groups is 5. The Hall–Kier alpha value is -5.90. The van der Waals surface area contributed by atoms with Crippen LogP contribution in [0.4, 0.5) is 4.39 Å². The van der Waals surface area contributed by atoms with Crippen LogP contribution in [0.25, 0.3) is 10.9 Å². The minimum atomic E-state index is -1.51. The standard InChI is InChI=1S/C44H54FN7O8/c1-26(2)19-36(46-3)42(57)52(4)44(16-8-17-44)43(58)49-30(20-27-9-6-5-7-10-27)25-59-37-24-48-33-14-13-29(45)21-32(33)39(37)41(56)50-35(23-38(53)54)40(55)47-18-15-31-22-34(51-60-31)28-11-12-28/h5-7,9-10,13-14,21-22,24,26,28,30,35-36,46H,8,11-12,15-20,23,25H2,1-4H3,(H,47,55)(H,49,58)(H,50,56)(H,53,54)/t30-,35+,36+/m1/s1. The average Bonchev–Trinajstić information content (AvgIpc) is 3.94. The number of aliphatic carboxylic acids is 1. The molecular weight excluding hydrogens is 774 g/mol. The highest BCUT2D eigenvalue weighted by molar-refractivity contribution is 6.09. The highest BCUT2D eigenvalue weighted by Gasteiger charge is 2.50. The summed E-state index contributed by atoms with van der Waals surface area (Å²) in [6, 6.07) is 12.3. The van der Waals surface area contributed by atoms with Crippen LogP contribution in [-0.2, 0) is 32.0 Å². The average molecular weight is 828 g/mol. The second kappa shape index (κ2) is 19.4. The van der Waals surface area contributed by atoms with Gasteiger partial charge in [0, 0.05) is 37.4 Å². The normalized spacial score (nSPS) is 16.0. The van der Waals surface area contributed by atoms with Crippen molar-refractivity contribution < 1.29 is 42.7 Å². The lowest BCUT2D eigenvalue weighted by Crippen LogP contribution is -2.66. The van der Waals surface area contributed by atoms with Crippen molar-refractivity contribution in [1.29, 1.82) is 0 Å². The second-order valence-corrected chi connectivity index (χ2v) is 16.2. The maximum atomic E-state index is 14.8. The lowest BCUT2D eigenvalue weighted by atomic mass is 9.74. The Morgan fingerprint density at radius 1 is 1.03 bits per heavy atom. The highest BCUT2D eigenvalue weighted by atomic mass is 19.1. The van der Waals surface area contributed by atoms with Gasteiger partial charge in [-0.15, -0.1) is 0 Å². The number of carboxylic acids is 1. The first kappa shape index (κ1) is 43.7. The Bertz CT molecular complexity index is 2170. The van der Waals surface area contributed by atoms with E-state index in [0.29, 0.717) is 43.8 Å². The fourth-order valence-electron chi connectivity index (χ4n) is 7.60. The van der Waals surface area contributed by atoms with Crippen LogP contribution in [0.15, 0.2) is 65.3 Å². The number of aromatic nitrogens is 2. The third-order valence-electron chi connectivity index (χ3n) is 11.3. The van der Waals surface area contributed by atoms with E-state index in [2.05, 4.69) is 31.4 Å². The molecule has 2 aliphatic rings. The van der Waals surface area contributed by atoms with Gasteiger partial charge in [-0.25, -0.2) is 4.39 Å². The van der Waals surface area contributed by atoms with Gasteiger partial charge in [0.15, 0.2) is 5.75 Å². The number of carbonyl (C=O) groups excluding carboxylic acids is 4. The zero-order chi connectivity index (χ0) is 43.0. The van der Waals surface area contributed by atoms with Crippen LogP contribution < -0.4 is 26.0 Å². The summed E-state index contributed by atoms with van der Waals surface area (Å²) in [5, 5.41) is 25.3. The summed E-state index contributed by atoms with van der Waals surface area (Å²) in [4.78, 5) is 73.4. The van der Waals surface area contributed by atoms with Crippen LogP contribution in [0, 0.1) is 11.7 Å². The third kappa shape index (κ3) is 10.6. The van der Waals surface area contributed by atoms with Crippen LogP contribution in [0.1, 0.15) is 92.1 Å². The first-order valence-corrected chi connectivity index (χ1v) is 20.5. The summed E-state index contributed by atoms with van der Waals surface area (Å²) in [6.07, 6.45) is 5.61. The number of ether oxygens (including phenoxy) is 1. The number of hydrogen-bond acceptors (Lipinski definition) is 10. The molecule has 4 amide bonds. The van der Waals surface area contributed by atoms with Crippen molar-refractivity contribution in [3.8, 4) is 5.75 Å². The molecule has 15 nitrogen and oxygen atoms in total. The van der Waals surface area contributed by atoms with Gasteiger partial charge >= 0.3 is 5.97 Å². The third-order valence-corrected chi connectivity index (χ3v) is 11.3. The van der Waals surface area contributed by atoms with Gasteiger partial charge in [0.2, 0.25) is 17.7 Å². The summed E-state index contributed by atoms with van der Waals surface area (Å²) in [5.41, 5.74) is 0.750. The fraction of sp³-hybridized carbons (Fsp3) is 0.477. The topological polar surface area (TPSA) is 205 Å². The molecule has 2 heterocycles. The van der Waals surface area contributed by atoms with E-state index in [1.807, 2.05) is 50.2 Å². The summed E-state index contributed by atoms with van der Waals surface area (Å²) in [7, 11) is 3.40. The minimum Gasteiger partial charge on any atom is -0.489 e. The number of nitrogens with zero attached hydrogens (tertiary/aromatic N) is 3. The van der Waals surface area contributed by atoms with Gasteiger partial charge in [-0.2, -0.15) is 0 Å². The highest BCUT2D eigenvalue weighted by Crippen LogP contribution is 2.40. The minimum absolute atomic E-state index is 0.0638. The van der Waals surface area contributed by atoms with Gasteiger partial charge < -0.3 is 40.5 Å². The van der Waals surface area contributed by atoms with E-state index in [1.54, 1.807) is 19.0 Å². The van der Waals surface area contributed by atoms with Gasteiger partial charge in [0.25, 0.3) is 5.91 Å². The zero-order valence-corrected chi connectivity index (χ0v) is 34.5. The van der Waals surface area contributed by atoms with Crippen molar-refractivity contribution >= 4 is 40.5 Å². The molecule has 0 bridgehead atoms. The van der Waals surface area contributed by atoms with Crippen LogP contribution in [-0.4, -0.2) is 101 Å². The molecule has 16 heteroatoms. The van der Waals surface area contributed by atoms with Crippen molar-refractivity contribution in [1.82, 2.24) is 36.3 Å². The molecule has 0 saturated heterocycles. The Balaban J connectivity index is 1.22. The van der Waals surface area contributed by atoms with E-state index in [9.17, 15) is 33.5 Å². The number of pyridine rings is 1. The maximum absolute atomic E-state index is 14.8. The number of fused-ring (bicyclic) bond motifs is 1. The first-order chi connectivity index (χ1) is 28.8. The Morgan fingerprint density at radius 3 is 2.43 bits per heavy atom. The van der Waals surface area contributed by atoms with Gasteiger partial charge in [-0.3, -0.25) is 29.0 Å². The Labute approximate surface area is 348 Å². The number of likely N-dealkylation sites (N-methyl/N-ethyl adjacent to an activating group) is 2. The van der Waals surface area contributed by atoms with Gasteiger partial charge in [0.05, 0.1) is 41.5 Å². The number of nitrogens with one attached hydrogen (secondary N) is 4. The van der Waals surface area contributed by atoms with E-state index in [0.717, 1.165) is 36.6 Å². The molecule has 5 N–H and O–H groups in total. The van der Waals surface area contributed by atoms with E-state index in [-0.39, 0.29) is 53.1 Å². The van der Waals surface area contributed by atoms with E-state index in [4.69, 9.17) is 9.26 Å². The molecule has 320 valence electrons. The molecule has 2 aromatic carbocycles. The molecule has 2 aliphatic carbocycles. The molecule has 6 rings (SSSR count). The number of benzene rings is 2. The van der Waals surface area contributed by atoms with Gasteiger partial charge in [-0.05, 0) is 81.7 Å². The van der Waals surface area contributed by atoms with E-state index >= 15 is 0 Å². The van der Waals surface area contributed by atoms with Crippen LogP contribution in [0.2, 0.25) is 0 Å². The molecule has 0 aliphatic heterocycles. The summed E-state index contributed by atoms with van der Waals surface area (Å²) < 4.78 is 26.4. The van der Waals surface area contributed by atoms with Crippen molar-refractivity contribution in [3.63, 3.8) is 0 Å². The lowest BCUT2D eigenvalue weighted by Gasteiger charge is -2.48. The largest absolute Gasteiger partial charge is 0.489 e. The molecule has 0 spiro atoms. The maximum Gasteiger partial charge on any atom is 0.305 e. The van der Waals surface area contributed by atoms with Crippen LogP contribution in [0.5, 0.6) is 5.75 Å². The molecule has 60 heavy (non-hydrogen) atoms. The Morgan fingerprint density at radius 2 is 1.78 bits per heavy atom. The number of rotatable bonds is 21. The monoisotopic (exact) mass is 827 g/mol. The van der Waals surface area contributed by atoms with Crippen molar-refractivity contribution in [2.45, 2.75) is 101 Å². The zero-order valence-electron chi connectivity index (χ0n) is 34.5. The SMILES string of the molecule is CN[C@@H](CC(C)C)C(=O)N(C)C1(C(=O)N[C@@H](COc2cnc3ccc(F)cc3c2C(=O)N[C@@H](CC(=O)O)C(=O)NCCc2cc(C3CC3)no2)Cc2ccccc2)CCC1. The van der Waals surface area contributed by atoms with Crippen LogP contribution in [0.3, 0.4) is 0 Å². The molecule has 4 aromatic rings. The van der Waals surface area contributed by atoms with Gasteiger partial charge in [-0.1, -0.05) is 49.3 Å². The molecule has 2 saturated carbocycles. The predicted molar refractivity (Wildman–Crippen MR) is 220 cm³/mol. The lowest BCUT2D eigenvalue weighted by molar-refractivity contribution is -0.153. The molecule has 3 atom stereocenters. The van der Waals surface area contributed by atoms with Crippen molar-refractivity contribution in [2.24, 2.45) is 5.92 Å². The second-order valence-electron chi connectivity index (χ2n) is 16.2. The molecule has 2 aromatic heterocycles. The van der Waals surface area contributed by atoms with E-state index < -0.39 is 53.7 Å². The summed E-state index contributed by atoms with van der Waals surface area (Å²) in [6.45, 7) is 3.99. The molecule has 0 unspecified atom stereocenters. The number of amides is 4. The molecule has 0 radical (unpaired) electrons. The van der Waals surface area contributed by atoms with Gasteiger partial charge in [0.1, 0.15) is 29.8 Å². The summed E-state index contributed by atoms with van der Waals surface area (Å²) in [5.74, 6) is -3.02. The van der Waals surface area contributed by atoms with Crippen molar-refractivity contribution in [2.75, 3.05) is 27.2 Å². The number of carboxylic acid groups (broad SMARTS) is 1. The number of halogens is 1. The fourth-order valence-corrected chi connectivity index (χ4v) is 7.60. The first-order valence-electron chi connectivity index (χ1n) is 20.5. The molecule has 2 fully saturated rings. The smallest absolute Gasteiger partial charge is 0.305 e. The van der Waals surface area contributed by atoms with Crippen molar-refractivity contribution in [3.05, 3.63) is 89.2 Å². The predicted octanol–water partition coefficient (Wildman–Crippen LogP) is 4.29.